The molecule has 1 aromatic carbocycles. The summed E-state index contributed by atoms with van der Waals surface area (Å²) in [6, 6.07) is 0.885. The molecule has 16 heteroatoms. The predicted octanol–water partition coefficient (Wildman–Crippen LogP) is 3.24. The van der Waals surface area contributed by atoms with E-state index in [0.29, 0.717) is 36.0 Å². The van der Waals surface area contributed by atoms with E-state index in [9.17, 15) is 25.6 Å². The molecule has 4 heterocycles. The van der Waals surface area contributed by atoms with E-state index in [1.165, 1.54) is 13.8 Å². The van der Waals surface area contributed by atoms with Crippen molar-refractivity contribution in [1.82, 2.24) is 23.1 Å². The van der Waals surface area contributed by atoms with Crippen molar-refractivity contribution in [2.24, 2.45) is 0 Å². The molecule has 0 N–H and O–H groups in total. The van der Waals surface area contributed by atoms with Gasteiger partial charge in [-0.25, -0.2) is 27.2 Å². The number of halogens is 3. The second-order valence-corrected chi connectivity index (χ2v) is 14.4. The van der Waals surface area contributed by atoms with Crippen molar-refractivity contribution in [3.05, 3.63) is 59.6 Å². The molecule has 40 heavy (non-hydrogen) atoms. The van der Waals surface area contributed by atoms with Gasteiger partial charge in [-0.1, -0.05) is 11.6 Å². The van der Waals surface area contributed by atoms with Gasteiger partial charge in [0.25, 0.3) is 10.0 Å². The molecule has 0 amide bonds. The van der Waals surface area contributed by atoms with Crippen molar-refractivity contribution in [2.75, 3.05) is 29.4 Å². The van der Waals surface area contributed by atoms with E-state index in [-0.39, 0.29) is 32.3 Å². The maximum Gasteiger partial charge on any atom is 0.285 e. The molecule has 1 spiro atoms. The molecular weight excluding hydrogens is 588 g/mol. The number of rotatable bonds is 6. The fourth-order valence-electron chi connectivity index (χ4n) is 4.81. The van der Waals surface area contributed by atoms with Gasteiger partial charge in [0.15, 0.2) is 11.6 Å². The zero-order valence-electron chi connectivity index (χ0n) is 24.1. The zero-order chi connectivity index (χ0) is 31.2. The number of benzene rings is 1. The van der Waals surface area contributed by atoms with Crippen LogP contribution in [0, 0.1) is 11.6 Å². The van der Waals surface area contributed by atoms with Gasteiger partial charge in [0.1, 0.15) is 10.7 Å². The second kappa shape index (κ2) is 9.11. The van der Waals surface area contributed by atoms with Gasteiger partial charge in [-0.2, -0.15) is 12.5 Å². The highest BCUT2D eigenvalue weighted by Crippen LogP contribution is 2.49. The molecule has 1 aliphatic carbocycles. The van der Waals surface area contributed by atoms with Crippen LogP contribution in [0.25, 0.3) is 10.9 Å². The summed E-state index contributed by atoms with van der Waals surface area (Å²) in [7, 11) is -9.42. The minimum absolute atomic E-state index is 0.0998. The normalized spacial score (nSPS) is 18.4. The van der Waals surface area contributed by atoms with E-state index < -0.39 is 65.8 Å². The summed E-state index contributed by atoms with van der Waals surface area (Å²) in [4.78, 5) is 10.8. The molecule has 1 saturated heterocycles. The van der Waals surface area contributed by atoms with Crippen molar-refractivity contribution in [3.8, 4) is 0 Å². The largest absolute Gasteiger partial charge is 0.345 e. The Morgan fingerprint density at radius 2 is 1.77 bits per heavy atom. The molecule has 6 rings (SSSR count). The van der Waals surface area contributed by atoms with Crippen LogP contribution in [0.4, 0.5) is 20.5 Å². The molecular formula is C24H24ClF2N7O4S2. The average Bonchev–Trinajstić information content (AvgIpc) is 3.49. The van der Waals surface area contributed by atoms with E-state index in [1.807, 2.05) is 9.80 Å². The Balaban J connectivity index is 1.50. The second-order valence-electron chi connectivity index (χ2n) is 9.99. The first-order valence-corrected chi connectivity index (χ1v) is 15.5. The third-order valence-corrected chi connectivity index (χ3v) is 10.7. The molecule has 3 aromatic heterocycles. The number of aromatic nitrogens is 5. The Bertz CT molecular complexity index is 2020. The van der Waals surface area contributed by atoms with Crippen LogP contribution in [-0.4, -0.2) is 70.4 Å². The van der Waals surface area contributed by atoms with Crippen LogP contribution in [0.2, 0.25) is 5.02 Å². The Morgan fingerprint density at radius 3 is 2.42 bits per heavy atom. The van der Waals surface area contributed by atoms with Gasteiger partial charge < -0.3 is 9.80 Å². The predicted molar refractivity (Wildman–Crippen MR) is 145 cm³/mol. The van der Waals surface area contributed by atoms with E-state index in [4.69, 9.17) is 15.7 Å². The van der Waals surface area contributed by atoms with Crippen molar-refractivity contribution < 1.29 is 29.7 Å². The van der Waals surface area contributed by atoms with E-state index in [0.717, 1.165) is 24.5 Å². The molecule has 212 valence electrons. The average molecular weight is 615 g/mol. The van der Waals surface area contributed by atoms with Crippen LogP contribution in [0.1, 0.15) is 30.8 Å². The highest BCUT2D eigenvalue weighted by atomic mass is 35.5. The summed E-state index contributed by atoms with van der Waals surface area (Å²) < 4.78 is 107. The summed E-state index contributed by atoms with van der Waals surface area (Å²) in [5.41, 5.74) is -0.835. The van der Waals surface area contributed by atoms with Crippen LogP contribution in [-0.2, 0) is 20.0 Å². The molecule has 0 unspecified atom stereocenters. The molecule has 2 aliphatic rings. The number of fused-ring (bicyclic) bond motifs is 1. The minimum Gasteiger partial charge on any atom is -0.345 e. The monoisotopic (exact) mass is 614 g/mol. The number of nitrogens with zero attached hydrogens (tertiary/aromatic N) is 7. The van der Waals surface area contributed by atoms with Gasteiger partial charge in [0.2, 0.25) is 16.0 Å². The van der Waals surface area contributed by atoms with Gasteiger partial charge in [-0.3, -0.25) is 3.97 Å². The van der Waals surface area contributed by atoms with E-state index >= 15 is 0 Å². The molecule has 0 radical (unpaired) electrons. The SMILES string of the molecule is [2H]c1c(S(=O)(=O)n2nc(N3CCN(c4ncc(F)cn4)CC34CC4)c3c(Cl)cc(F)cc32)c([2H])n(S(=O)(=O)C(C)C)c1[2H]. The van der Waals surface area contributed by atoms with Crippen LogP contribution in [0.3, 0.4) is 0 Å². The topological polar surface area (TPSA) is 123 Å². The minimum atomic E-state index is -5.03. The number of hydrogen-bond acceptors (Lipinski definition) is 9. The highest BCUT2D eigenvalue weighted by Gasteiger charge is 2.53. The van der Waals surface area contributed by atoms with Crippen molar-refractivity contribution >= 4 is 54.3 Å². The number of anilines is 2. The van der Waals surface area contributed by atoms with Gasteiger partial charge in [0.05, 0.1) is 43.2 Å². The Labute approximate surface area is 238 Å². The van der Waals surface area contributed by atoms with E-state index in [2.05, 4.69) is 15.1 Å². The van der Waals surface area contributed by atoms with Gasteiger partial charge in [0, 0.05) is 38.0 Å². The molecule has 0 atom stereocenters. The first kappa shape index (κ1) is 23.4. The Hall–Kier alpha value is -3.30. The summed E-state index contributed by atoms with van der Waals surface area (Å²) in [5, 5.41) is 3.19. The lowest BCUT2D eigenvalue weighted by molar-refractivity contribution is 0.497. The fourth-order valence-corrected chi connectivity index (χ4v) is 7.11. The molecule has 4 aromatic rings. The van der Waals surface area contributed by atoms with Crippen molar-refractivity contribution in [3.63, 3.8) is 0 Å². The fraction of sp³-hybridized carbons (Fsp3) is 0.375. The number of hydrogen-bond donors (Lipinski definition) is 0. The molecule has 2 fully saturated rings. The smallest absolute Gasteiger partial charge is 0.285 e. The lowest BCUT2D eigenvalue weighted by Crippen LogP contribution is -2.56. The Morgan fingerprint density at radius 1 is 1.07 bits per heavy atom. The molecule has 0 bridgehead atoms. The van der Waals surface area contributed by atoms with Crippen LogP contribution in [0.5, 0.6) is 0 Å². The lowest BCUT2D eigenvalue weighted by Gasteiger charge is -2.42. The van der Waals surface area contributed by atoms with Crippen LogP contribution >= 0.6 is 11.6 Å². The first-order chi connectivity index (χ1) is 20.1. The third-order valence-electron chi connectivity index (χ3n) is 7.08. The van der Waals surface area contributed by atoms with Gasteiger partial charge in [-0.15, -0.1) is 5.10 Å². The summed E-state index contributed by atoms with van der Waals surface area (Å²) in [6.07, 6.45) is 1.36. The summed E-state index contributed by atoms with van der Waals surface area (Å²) in [6.45, 7) is 3.61. The third kappa shape index (κ3) is 4.21. The Kier molecular flexibility index (Phi) is 5.33. The zero-order valence-corrected chi connectivity index (χ0v) is 23.5. The summed E-state index contributed by atoms with van der Waals surface area (Å²) >= 11 is 6.47. The van der Waals surface area contributed by atoms with Crippen molar-refractivity contribution in [1.29, 1.82) is 0 Å². The lowest BCUT2D eigenvalue weighted by atomic mass is 10.1. The first-order valence-electron chi connectivity index (χ1n) is 13.7. The van der Waals surface area contributed by atoms with Crippen LogP contribution in [0.15, 0.2) is 47.8 Å². The standard InChI is InChI=1S/C24H24ClF2N7O4S2/c1-15(2)39(35,36)32-6-3-18(13-32)40(37,38)34-20-10-16(26)9-19(25)21(20)22(30-34)33-8-7-31(14-24(33)4-5-24)23-28-11-17(27)12-29-23/h3,6,9-13,15H,4-5,7-8,14H2,1-2H3/i3D,6D,13D. The maximum atomic E-state index is 14.7. The quantitative estimate of drug-likeness (QED) is 0.322. The van der Waals surface area contributed by atoms with E-state index in [1.54, 1.807) is 0 Å². The molecule has 1 saturated carbocycles. The number of piperazine rings is 1. The summed E-state index contributed by atoms with van der Waals surface area (Å²) in [5.74, 6) is -1.02. The maximum absolute atomic E-state index is 14.7. The van der Waals surface area contributed by atoms with Crippen molar-refractivity contribution in [2.45, 2.75) is 42.4 Å². The highest BCUT2D eigenvalue weighted by molar-refractivity contribution is 7.91. The van der Waals surface area contributed by atoms with Gasteiger partial charge >= 0.3 is 0 Å². The molecule has 1 aliphatic heterocycles. The van der Waals surface area contributed by atoms with Gasteiger partial charge in [-0.05, 0) is 38.8 Å². The molecule has 11 nitrogen and oxygen atoms in total. The van der Waals surface area contributed by atoms with Crippen LogP contribution < -0.4 is 9.80 Å².